The van der Waals surface area contributed by atoms with Crippen molar-refractivity contribution in [3.05, 3.63) is 95.8 Å². The van der Waals surface area contributed by atoms with Gasteiger partial charge in [0.15, 0.2) is 0 Å². The Kier molecular flexibility index (Phi) is 5.90. The first kappa shape index (κ1) is 22.4. The van der Waals surface area contributed by atoms with E-state index in [1.165, 1.54) is 17.1 Å². The van der Waals surface area contributed by atoms with E-state index in [1.807, 2.05) is 42.6 Å². The summed E-state index contributed by atoms with van der Waals surface area (Å²) in [6, 6.07) is 16.6. The topological polar surface area (TPSA) is 143 Å². The number of amides is 2. The van der Waals surface area contributed by atoms with Crippen molar-refractivity contribution >= 4 is 23.4 Å². The number of nitriles is 1. The van der Waals surface area contributed by atoms with Crippen molar-refractivity contribution < 1.29 is 9.59 Å². The number of pyridine rings is 1. The number of anilines is 1. The van der Waals surface area contributed by atoms with Crippen molar-refractivity contribution in [2.75, 3.05) is 5.32 Å². The molecule has 0 saturated carbocycles. The first-order chi connectivity index (χ1) is 17.5. The Hall–Kier alpha value is -5.37. The average Bonchev–Trinajstić information content (AvgIpc) is 3.51. The van der Waals surface area contributed by atoms with Crippen LogP contribution in [0.3, 0.4) is 0 Å². The fourth-order valence-corrected chi connectivity index (χ4v) is 3.61. The van der Waals surface area contributed by atoms with Crippen LogP contribution in [0.25, 0.3) is 17.0 Å². The minimum atomic E-state index is -0.535. The zero-order valence-electron chi connectivity index (χ0n) is 19.1. The van der Waals surface area contributed by atoms with E-state index < -0.39 is 11.8 Å². The second-order valence-corrected chi connectivity index (χ2v) is 7.84. The van der Waals surface area contributed by atoms with Crippen LogP contribution in [0.2, 0.25) is 0 Å². The lowest BCUT2D eigenvalue weighted by Crippen LogP contribution is -2.27. The third kappa shape index (κ3) is 4.51. The maximum absolute atomic E-state index is 13.1. The van der Waals surface area contributed by atoms with Gasteiger partial charge in [0.05, 0.1) is 17.5 Å². The third-order valence-electron chi connectivity index (χ3n) is 5.43. The zero-order valence-corrected chi connectivity index (χ0v) is 19.1. The summed E-state index contributed by atoms with van der Waals surface area (Å²) in [4.78, 5) is 38.8. The fraction of sp³-hybridized carbons (Fsp3) is 0.0800. The van der Waals surface area contributed by atoms with Gasteiger partial charge in [0.1, 0.15) is 23.3 Å². The van der Waals surface area contributed by atoms with Gasteiger partial charge in [-0.05, 0) is 17.7 Å². The standard InChI is InChI=1S/C25H19N9O2/c1-33-22(19(14-29-33)23(35)28-13-16-7-8-18(11-26)27-12-16)24(36)31-21-9-10-34-15-20(30-25(34)32-21)17-5-3-2-4-6-17/h2-10,12,14-15H,13H2,1H3,(H,28,35)(H,30,31,32,36). The van der Waals surface area contributed by atoms with E-state index in [1.54, 1.807) is 35.8 Å². The molecular formula is C25H19N9O2. The molecule has 0 spiro atoms. The summed E-state index contributed by atoms with van der Waals surface area (Å²) in [5.41, 5.74) is 2.91. The number of carbonyl (C=O) groups excluding carboxylic acids is 2. The van der Waals surface area contributed by atoms with Gasteiger partial charge in [0, 0.05) is 37.7 Å². The summed E-state index contributed by atoms with van der Waals surface area (Å²) < 4.78 is 3.09. The molecule has 0 saturated heterocycles. The van der Waals surface area contributed by atoms with Crippen LogP contribution in [0.5, 0.6) is 0 Å². The molecule has 2 N–H and O–H groups in total. The highest BCUT2D eigenvalue weighted by atomic mass is 16.2. The molecule has 0 aliphatic heterocycles. The van der Waals surface area contributed by atoms with Crippen LogP contribution in [0.1, 0.15) is 32.1 Å². The second kappa shape index (κ2) is 9.47. The number of hydrogen-bond donors (Lipinski definition) is 2. The summed E-state index contributed by atoms with van der Waals surface area (Å²) in [7, 11) is 1.58. The Labute approximate surface area is 205 Å². The number of imidazole rings is 1. The molecule has 4 heterocycles. The summed E-state index contributed by atoms with van der Waals surface area (Å²) in [5, 5.41) is 18.4. The van der Waals surface area contributed by atoms with Gasteiger partial charge in [-0.3, -0.25) is 18.7 Å². The number of benzene rings is 1. The van der Waals surface area contributed by atoms with Crippen molar-refractivity contribution in [2.24, 2.45) is 7.05 Å². The van der Waals surface area contributed by atoms with Gasteiger partial charge in [-0.2, -0.15) is 15.3 Å². The minimum Gasteiger partial charge on any atom is -0.348 e. The van der Waals surface area contributed by atoms with E-state index in [2.05, 4.69) is 30.7 Å². The lowest BCUT2D eigenvalue weighted by atomic mass is 10.2. The molecule has 2 amide bonds. The smallest absolute Gasteiger partial charge is 0.275 e. The molecule has 11 nitrogen and oxygen atoms in total. The summed E-state index contributed by atoms with van der Waals surface area (Å²) >= 11 is 0. The van der Waals surface area contributed by atoms with Crippen LogP contribution < -0.4 is 10.6 Å². The van der Waals surface area contributed by atoms with Gasteiger partial charge < -0.3 is 10.6 Å². The lowest BCUT2D eigenvalue weighted by Gasteiger charge is -2.08. The number of aromatic nitrogens is 6. The molecule has 0 radical (unpaired) electrons. The summed E-state index contributed by atoms with van der Waals surface area (Å²) in [6.45, 7) is 0.176. The molecule has 5 aromatic rings. The molecule has 0 aliphatic carbocycles. The Bertz CT molecular complexity index is 1610. The predicted octanol–water partition coefficient (Wildman–Crippen LogP) is 2.58. The number of carbonyl (C=O) groups is 2. The van der Waals surface area contributed by atoms with Crippen molar-refractivity contribution in [3.63, 3.8) is 0 Å². The second-order valence-electron chi connectivity index (χ2n) is 7.84. The van der Waals surface area contributed by atoms with Crippen LogP contribution in [-0.2, 0) is 13.6 Å². The van der Waals surface area contributed by atoms with Gasteiger partial charge in [-0.1, -0.05) is 36.4 Å². The highest BCUT2D eigenvalue weighted by Crippen LogP contribution is 2.19. The van der Waals surface area contributed by atoms with Crippen LogP contribution >= 0.6 is 0 Å². The minimum absolute atomic E-state index is 0.0837. The van der Waals surface area contributed by atoms with E-state index in [0.29, 0.717) is 11.3 Å². The maximum atomic E-state index is 13.1. The summed E-state index contributed by atoms with van der Waals surface area (Å²) in [5.74, 6) is -0.298. The maximum Gasteiger partial charge on any atom is 0.275 e. The quantitative estimate of drug-likeness (QED) is 0.383. The Morgan fingerprint density at radius 1 is 1.03 bits per heavy atom. The molecule has 0 atom stereocenters. The largest absolute Gasteiger partial charge is 0.348 e. The molecule has 0 unspecified atom stereocenters. The van der Waals surface area contributed by atoms with Crippen molar-refractivity contribution in [2.45, 2.75) is 6.54 Å². The van der Waals surface area contributed by atoms with Crippen molar-refractivity contribution in [1.29, 1.82) is 5.26 Å². The van der Waals surface area contributed by atoms with E-state index in [-0.39, 0.29) is 29.3 Å². The van der Waals surface area contributed by atoms with Gasteiger partial charge >= 0.3 is 0 Å². The van der Waals surface area contributed by atoms with Gasteiger partial charge in [0.2, 0.25) is 5.78 Å². The molecule has 0 aliphatic rings. The third-order valence-corrected chi connectivity index (χ3v) is 5.43. The predicted molar refractivity (Wildman–Crippen MR) is 130 cm³/mol. The normalized spacial score (nSPS) is 10.7. The lowest BCUT2D eigenvalue weighted by molar-refractivity contribution is 0.0936. The highest BCUT2D eigenvalue weighted by molar-refractivity contribution is 6.10. The fourth-order valence-electron chi connectivity index (χ4n) is 3.61. The molecule has 0 bridgehead atoms. The number of nitrogens with zero attached hydrogens (tertiary/aromatic N) is 7. The molecule has 1 aromatic carbocycles. The zero-order chi connectivity index (χ0) is 25.1. The first-order valence-corrected chi connectivity index (χ1v) is 10.9. The van der Waals surface area contributed by atoms with Crippen molar-refractivity contribution in [1.82, 2.24) is 34.4 Å². The molecule has 5 rings (SSSR count). The molecule has 176 valence electrons. The average molecular weight is 477 g/mol. The first-order valence-electron chi connectivity index (χ1n) is 10.9. The van der Waals surface area contributed by atoms with Crippen LogP contribution in [0.15, 0.2) is 73.3 Å². The number of rotatable bonds is 6. The Morgan fingerprint density at radius 2 is 1.86 bits per heavy atom. The summed E-state index contributed by atoms with van der Waals surface area (Å²) in [6.07, 6.45) is 6.45. The molecular weight excluding hydrogens is 458 g/mol. The highest BCUT2D eigenvalue weighted by Gasteiger charge is 2.22. The number of fused-ring (bicyclic) bond motifs is 1. The van der Waals surface area contributed by atoms with Crippen LogP contribution in [0.4, 0.5) is 5.82 Å². The van der Waals surface area contributed by atoms with Crippen molar-refractivity contribution in [3.8, 4) is 17.3 Å². The van der Waals surface area contributed by atoms with E-state index in [0.717, 1.165) is 11.3 Å². The molecule has 0 fully saturated rings. The number of hydrogen-bond acceptors (Lipinski definition) is 7. The van der Waals surface area contributed by atoms with Gasteiger partial charge in [-0.25, -0.2) is 9.97 Å². The molecule has 11 heteroatoms. The molecule has 36 heavy (non-hydrogen) atoms. The van der Waals surface area contributed by atoms with Crippen LogP contribution in [-0.4, -0.2) is 40.9 Å². The van der Waals surface area contributed by atoms with E-state index in [4.69, 9.17) is 5.26 Å². The van der Waals surface area contributed by atoms with Gasteiger partial charge in [-0.15, -0.1) is 0 Å². The number of aryl methyl sites for hydroxylation is 1. The Morgan fingerprint density at radius 3 is 2.61 bits per heavy atom. The van der Waals surface area contributed by atoms with Gasteiger partial charge in [0.25, 0.3) is 11.8 Å². The monoisotopic (exact) mass is 477 g/mol. The SMILES string of the molecule is Cn1ncc(C(=O)NCc2ccc(C#N)nc2)c1C(=O)Nc1ccn2cc(-c3ccccc3)nc2n1. The molecule has 4 aromatic heterocycles. The number of nitrogens with one attached hydrogen (secondary N) is 2. The van der Waals surface area contributed by atoms with E-state index >= 15 is 0 Å². The van der Waals surface area contributed by atoms with E-state index in [9.17, 15) is 9.59 Å². The Balaban J connectivity index is 1.31. The van der Waals surface area contributed by atoms with Crippen LogP contribution in [0, 0.1) is 11.3 Å².